The Balaban J connectivity index is 0.000000205. The third kappa shape index (κ3) is 15.0. The number of amides is 4. The summed E-state index contributed by atoms with van der Waals surface area (Å²) in [5.74, 6) is -2.64. The lowest BCUT2D eigenvalue weighted by Crippen LogP contribution is -2.52. The number of nitrogens with zero attached hydrogens (tertiary/aromatic N) is 4. The third-order valence-electron chi connectivity index (χ3n) is 14.8. The number of nitrogens with one attached hydrogen (secondary N) is 2. The van der Waals surface area contributed by atoms with Gasteiger partial charge in [-0.2, -0.15) is 52.7 Å². The van der Waals surface area contributed by atoms with Gasteiger partial charge in [-0.1, -0.05) is 83.9 Å². The molecule has 6 aromatic carbocycles. The second kappa shape index (κ2) is 25.4. The highest BCUT2D eigenvalue weighted by Gasteiger charge is 2.42. The molecule has 86 heavy (non-hydrogen) atoms. The van der Waals surface area contributed by atoms with Crippen LogP contribution in [-0.2, 0) is 37.5 Å². The van der Waals surface area contributed by atoms with Gasteiger partial charge in [0.15, 0.2) is 0 Å². The molecule has 8 aromatic rings. The number of benzene rings is 6. The van der Waals surface area contributed by atoms with E-state index in [-0.39, 0.29) is 75.6 Å². The van der Waals surface area contributed by atoms with Crippen LogP contribution in [0, 0.1) is 0 Å². The number of hydrogen-bond acceptors (Lipinski definition) is 6. The fourth-order valence-electron chi connectivity index (χ4n) is 10.7. The number of halogens is 14. The van der Waals surface area contributed by atoms with Gasteiger partial charge in [0.1, 0.15) is 0 Å². The van der Waals surface area contributed by atoms with Crippen molar-refractivity contribution in [3.8, 4) is 0 Å². The number of alkyl halides is 12. The third-order valence-corrected chi connectivity index (χ3v) is 15.4. The molecular formula is C62H48Cl2F12N6O4. The maximum Gasteiger partial charge on any atom is 0.416 e. The fourth-order valence-corrected chi connectivity index (χ4v) is 10.9. The summed E-state index contributed by atoms with van der Waals surface area (Å²) in [6.45, 7) is -0.00650. The standard InChI is InChI=1S/2C31H24ClF6N3O2/c2*32-22-7-5-18(6-8-22)13-24-17-23(40-28(42)26-9-11-39-27-4-2-1-3-25(26)27)10-12-41(24)29(43)19-14-20(30(33,34)35)16-21(15-19)31(36,37)38/h2*1-9,11,14-16,23-24H,10,12-13,17H2,(H,40,42)/t2*23-,24+/m00/s1. The van der Waals surface area contributed by atoms with Gasteiger partial charge < -0.3 is 20.4 Å². The van der Waals surface area contributed by atoms with Gasteiger partial charge in [-0.15, -0.1) is 0 Å². The van der Waals surface area contributed by atoms with Crippen molar-refractivity contribution in [2.75, 3.05) is 13.1 Å². The van der Waals surface area contributed by atoms with Crippen LogP contribution in [0.3, 0.4) is 0 Å². The molecule has 4 atom stereocenters. The molecule has 10 nitrogen and oxygen atoms in total. The number of hydrogen-bond donors (Lipinski definition) is 2. The van der Waals surface area contributed by atoms with E-state index in [4.69, 9.17) is 23.2 Å². The molecule has 0 saturated carbocycles. The van der Waals surface area contributed by atoms with Crippen LogP contribution in [0.5, 0.6) is 0 Å². The first-order valence-corrected chi connectivity index (χ1v) is 27.3. The maximum atomic E-state index is 13.6. The van der Waals surface area contributed by atoms with Gasteiger partial charge in [0, 0.05) is 81.6 Å². The Kier molecular flexibility index (Phi) is 18.4. The lowest BCUT2D eigenvalue weighted by Gasteiger charge is -2.40. The van der Waals surface area contributed by atoms with Crippen molar-refractivity contribution in [2.24, 2.45) is 0 Å². The molecule has 4 amide bonds. The molecule has 10 rings (SSSR count). The zero-order valence-electron chi connectivity index (χ0n) is 44.7. The van der Waals surface area contributed by atoms with Crippen LogP contribution in [0.2, 0.25) is 10.0 Å². The highest BCUT2D eigenvalue weighted by molar-refractivity contribution is 6.30. The molecule has 2 aliphatic rings. The summed E-state index contributed by atoms with van der Waals surface area (Å²) >= 11 is 12.0. The minimum atomic E-state index is -5.09. The summed E-state index contributed by atoms with van der Waals surface area (Å²) in [4.78, 5) is 64.8. The van der Waals surface area contributed by atoms with Crippen molar-refractivity contribution in [3.05, 3.63) is 224 Å². The van der Waals surface area contributed by atoms with Crippen molar-refractivity contribution < 1.29 is 71.9 Å². The Bertz CT molecular complexity index is 3480. The number of carbonyl (C=O) groups excluding carboxylic acids is 4. The van der Waals surface area contributed by atoms with Crippen molar-refractivity contribution in [1.29, 1.82) is 0 Å². The zero-order chi connectivity index (χ0) is 61.9. The minimum absolute atomic E-state index is 0.00325. The van der Waals surface area contributed by atoms with E-state index in [0.29, 0.717) is 67.2 Å². The average molecular weight is 1240 g/mol. The van der Waals surface area contributed by atoms with Crippen LogP contribution in [0.15, 0.2) is 158 Å². The minimum Gasteiger partial charge on any atom is -0.349 e. The van der Waals surface area contributed by atoms with E-state index in [1.807, 2.05) is 0 Å². The number of piperidine rings is 2. The summed E-state index contributed by atoms with van der Waals surface area (Å²) in [5, 5.41) is 8.22. The first-order chi connectivity index (χ1) is 40.6. The van der Waals surface area contributed by atoms with Crippen molar-refractivity contribution in [1.82, 2.24) is 30.4 Å². The van der Waals surface area contributed by atoms with Gasteiger partial charge in [-0.05, 0) is 135 Å². The first-order valence-electron chi connectivity index (χ1n) is 26.6. The van der Waals surface area contributed by atoms with Crippen molar-refractivity contribution >= 4 is 68.6 Å². The summed E-state index contributed by atoms with van der Waals surface area (Å²) in [6.07, 6.45) is -15.9. The molecule has 0 spiro atoms. The number of para-hydroxylation sites is 2. The molecular weight excluding hydrogens is 1190 g/mol. The number of likely N-dealkylation sites (tertiary alicyclic amines) is 2. The van der Waals surface area contributed by atoms with E-state index < -0.39 is 94.1 Å². The summed E-state index contributed by atoms with van der Waals surface area (Å²) in [5.41, 5.74) is -4.10. The highest BCUT2D eigenvalue weighted by Crippen LogP contribution is 2.39. The van der Waals surface area contributed by atoms with E-state index in [1.54, 1.807) is 109 Å². The predicted octanol–water partition coefficient (Wildman–Crippen LogP) is 15.1. The van der Waals surface area contributed by atoms with E-state index in [9.17, 15) is 71.9 Å². The van der Waals surface area contributed by atoms with E-state index in [0.717, 1.165) is 11.1 Å². The van der Waals surface area contributed by atoms with Gasteiger partial charge in [0.05, 0.1) is 44.4 Å². The molecule has 2 N–H and O–H groups in total. The Labute approximate surface area is 493 Å². The van der Waals surface area contributed by atoms with Crippen LogP contribution >= 0.6 is 23.2 Å². The molecule has 2 fully saturated rings. The maximum absolute atomic E-state index is 13.6. The van der Waals surface area contributed by atoms with E-state index >= 15 is 0 Å². The molecule has 0 radical (unpaired) electrons. The van der Waals surface area contributed by atoms with Crippen LogP contribution in [0.25, 0.3) is 21.8 Å². The molecule has 24 heteroatoms. The lowest BCUT2D eigenvalue weighted by molar-refractivity contribution is -0.144. The number of carbonyl (C=O) groups is 4. The second-order valence-electron chi connectivity index (χ2n) is 20.7. The summed E-state index contributed by atoms with van der Waals surface area (Å²) in [6, 6.07) is 30.5. The van der Waals surface area contributed by atoms with Gasteiger partial charge in [0.25, 0.3) is 23.6 Å². The van der Waals surface area contributed by atoms with E-state index in [2.05, 4.69) is 20.6 Å². The van der Waals surface area contributed by atoms with Crippen molar-refractivity contribution in [3.63, 3.8) is 0 Å². The molecule has 0 bridgehead atoms. The molecule has 448 valence electrons. The topological polar surface area (TPSA) is 125 Å². The van der Waals surface area contributed by atoms with E-state index in [1.165, 1.54) is 22.2 Å². The normalized spacial score (nSPS) is 17.6. The average Bonchev–Trinajstić information content (AvgIpc) is 3.67. The number of pyridine rings is 2. The van der Waals surface area contributed by atoms with Gasteiger partial charge in [0.2, 0.25) is 0 Å². The smallest absolute Gasteiger partial charge is 0.349 e. The van der Waals surface area contributed by atoms with Gasteiger partial charge in [-0.25, -0.2) is 0 Å². The number of fused-ring (bicyclic) bond motifs is 2. The fraction of sp³-hybridized carbons (Fsp3) is 0.258. The Morgan fingerprint density at radius 1 is 0.453 bits per heavy atom. The molecule has 2 saturated heterocycles. The highest BCUT2D eigenvalue weighted by atomic mass is 35.5. The van der Waals surface area contributed by atoms with Crippen LogP contribution in [0.4, 0.5) is 52.7 Å². The predicted molar refractivity (Wildman–Crippen MR) is 297 cm³/mol. The van der Waals surface area contributed by atoms with Gasteiger partial charge >= 0.3 is 24.7 Å². The Morgan fingerprint density at radius 2 is 0.779 bits per heavy atom. The SMILES string of the molecule is O=C(N[C@H]1CCN(C(=O)c2cc(C(F)(F)F)cc(C(F)(F)F)c2)[C@H](Cc2ccc(Cl)cc2)C1)c1ccnc2ccccc12.O=C(N[C@H]1CCN(C(=O)c2cc(C(F)(F)F)cc(C(F)(F)F)c2)[C@H](Cc2ccc(Cl)cc2)C1)c1ccnc2ccccc12. The summed E-state index contributed by atoms with van der Waals surface area (Å²) < 4.78 is 162. The van der Waals surface area contributed by atoms with Gasteiger partial charge in [-0.3, -0.25) is 29.1 Å². The monoisotopic (exact) mass is 1240 g/mol. The van der Waals surface area contributed by atoms with Crippen molar-refractivity contribution in [2.45, 2.75) is 87.4 Å². The molecule has 4 heterocycles. The first kappa shape index (κ1) is 62.3. The Morgan fingerprint density at radius 3 is 1.10 bits per heavy atom. The molecule has 2 aliphatic heterocycles. The molecule has 2 aromatic heterocycles. The zero-order valence-corrected chi connectivity index (χ0v) is 46.2. The van der Waals surface area contributed by atoms with Crippen LogP contribution < -0.4 is 10.6 Å². The number of rotatable bonds is 10. The quantitative estimate of drug-likeness (QED) is 0.131. The summed E-state index contributed by atoms with van der Waals surface area (Å²) in [7, 11) is 0. The molecule has 0 aliphatic carbocycles. The second-order valence-corrected chi connectivity index (χ2v) is 21.6. The number of aromatic nitrogens is 2. The lowest BCUT2D eigenvalue weighted by atomic mass is 9.90. The Hall–Kier alpha value is -8.24. The largest absolute Gasteiger partial charge is 0.416 e. The van der Waals surface area contributed by atoms with Crippen LogP contribution in [0.1, 0.15) is 100 Å². The molecule has 0 unspecified atom stereocenters. The van der Waals surface area contributed by atoms with Crippen LogP contribution in [-0.4, -0.2) is 80.7 Å².